The van der Waals surface area contributed by atoms with E-state index in [1.807, 2.05) is 103 Å². The maximum absolute atomic E-state index is 12.9. The molecule has 0 aliphatic carbocycles. The van der Waals surface area contributed by atoms with E-state index in [9.17, 15) is 9.59 Å². The molecule has 1 aromatic heterocycles. The van der Waals surface area contributed by atoms with Crippen LogP contribution in [0.4, 0.5) is 11.4 Å². The average molecular weight is 494 g/mol. The molecule has 1 heterocycles. The number of nitrogens with one attached hydrogen (secondary N) is 2. The van der Waals surface area contributed by atoms with Gasteiger partial charge in [-0.2, -0.15) is 0 Å². The topological polar surface area (TPSA) is 71.1 Å². The Morgan fingerprint density at radius 3 is 1.55 bits per heavy atom. The predicted octanol–water partition coefficient (Wildman–Crippen LogP) is 7.56. The van der Waals surface area contributed by atoms with E-state index >= 15 is 0 Å². The second-order valence-corrected chi connectivity index (χ2v) is 8.97. The zero-order valence-electron chi connectivity index (χ0n) is 20.4. The summed E-state index contributed by atoms with van der Waals surface area (Å²) in [6, 6.07) is 38.4. The Balaban J connectivity index is 1.15. The van der Waals surface area contributed by atoms with Gasteiger partial charge in [-0.3, -0.25) is 14.6 Å². The molecule has 2 amide bonds. The monoisotopic (exact) mass is 493 g/mol. The molecule has 0 radical (unpaired) electrons. The molecule has 0 aliphatic rings. The maximum atomic E-state index is 12.9. The van der Waals surface area contributed by atoms with E-state index in [2.05, 4.69) is 15.6 Å². The number of benzene rings is 5. The number of amides is 2. The zero-order valence-corrected chi connectivity index (χ0v) is 20.4. The SMILES string of the molecule is O=C(Nc1cccc2ccccc12)c1ccc(-c2ccc(C(=O)Nc3cccc4ccccc34)cn2)cc1. The highest BCUT2D eigenvalue weighted by molar-refractivity contribution is 6.10. The van der Waals surface area contributed by atoms with Crippen LogP contribution in [0.3, 0.4) is 0 Å². The summed E-state index contributed by atoms with van der Waals surface area (Å²) in [6.45, 7) is 0. The van der Waals surface area contributed by atoms with E-state index in [0.717, 1.165) is 38.5 Å². The van der Waals surface area contributed by atoms with Crippen LogP contribution < -0.4 is 10.6 Å². The van der Waals surface area contributed by atoms with Gasteiger partial charge in [-0.15, -0.1) is 0 Å². The summed E-state index contributed by atoms with van der Waals surface area (Å²) in [5.41, 5.74) is 4.12. The fourth-order valence-corrected chi connectivity index (χ4v) is 4.55. The van der Waals surface area contributed by atoms with Crippen LogP contribution in [-0.4, -0.2) is 16.8 Å². The molecule has 0 unspecified atom stereocenters. The van der Waals surface area contributed by atoms with Crippen molar-refractivity contribution >= 4 is 44.7 Å². The molecule has 6 rings (SSSR count). The number of carbonyl (C=O) groups is 2. The summed E-state index contributed by atoms with van der Waals surface area (Å²) in [6.07, 6.45) is 1.57. The Bertz CT molecular complexity index is 1650. The molecule has 0 fully saturated rings. The standard InChI is InChI=1S/C33H23N3O2/c37-32(35-30-13-5-9-22-7-1-3-11-27(22)30)25-17-15-24(16-18-25)29-20-19-26(21-34-29)33(38)36-31-14-6-10-23-8-2-4-12-28(23)31/h1-21H,(H,35,37)(H,36,38). The van der Waals surface area contributed by atoms with Crippen LogP contribution in [-0.2, 0) is 0 Å². The number of carbonyl (C=O) groups excluding carboxylic acids is 2. The summed E-state index contributed by atoms with van der Waals surface area (Å²) in [7, 11) is 0. The molecule has 0 saturated carbocycles. The van der Waals surface area contributed by atoms with Crippen LogP contribution >= 0.6 is 0 Å². The second kappa shape index (κ2) is 9.99. The lowest BCUT2D eigenvalue weighted by atomic mass is 10.1. The van der Waals surface area contributed by atoms with E-state index in [0.29, 0.717) is 16.8 Å². The molecule has 5 nitrogen and oxygen atoms in total. The van der Waals surface area contributed by atoms with Gasteiger partial charge in [0.05, 0.1) is 11.3 Å². The van der Waals surface area contributed by atoms with Gasteiger partial charge >= 0.3 is 0 Å². The van der Waals surface area contributed by atoms with Gasteiger partial charge in [0, 0.05) is 39.5 Å². The van der Waals surface area contributed by atoms with Crippen LogP contribution in [0.2, 0.25) is 0 Å². The fourth-order valence-electron chi connectivity index (χ4n) is 4.55. The van der Waals surface area contributed by atoms with Gasteiger partial charge in [0.2, 0.25) is 0 Å². The molecule has 2 N–H and O–H groups in total. The van der Waals surface area contributed by atoms with Gasteiger partial charge in [0.15, 0.2) is 0 Å². The summed E-state index contributed by atoms with van der Waals surface area (Å²) in [4.78, 5) is 30.2. The highest BCUT2D eigenvalue weighted by atomic mass is 16.2. The molecule has 6 aromatic rings. The summed E-state index contributed by atoms with van der Waals surface area (Å²) in [5.74, 6) is -0.401. The lowest BCUT2D eigenvalue weighted by Crippen LogP contribution is -2.12. The first kappa shape index (κ1) is 23.1. The van der Waals surface area contributed by atoms with Crippen LogP contribution in [0, 0.1) is 0 Å². The van der Waals surface area contributed by atoms with Gasteiger partial charge in [0.1, 0.15) is 0 Å². The number of rotatable bonds is 5. The zero-order chi connectivity index (χ0) is 25.9. The fraction of sp³-hybridized carbons (Fsp3) is 0. The largest absolute Gasteiger partial charge is 0.321 e. The number of aromatic nitrogens is 1. The van der Waals surface area contributed by atoms with E-state index < -0.39 is 0 Å². The van der Waals surface area contributed by atoms with Gasteiger partial charge in [-0.25, -0.2) is 0 Å². The Morgan fingerprint density at radius 2 is 1.00 bits per heavy atom. The quantitative estimate of drug-likeness (QED) is 0.260. The molecule has 0 saturated heterocycles. The Hall–Kier alpha value is -5.29. The number of anilines is 2. The molecule has 0 atom stereocenters. The molecular weight excluding hydrogens is 470 g/mol. The Kier molecular flexibility index (Phi) is 6.08. The van der Waals surface area contributed by atoms with Crippen molar-refractivity contribution in [1.29, 1.82) is 0 Å². The Labute approximate surface area is 219 Å². The van der Waals surface area contributed by atoms with Crippen molar-refractivity contribution in [2.45, 2.75) is 0 Å². The first-order chi connectivity index (χ1) is 18.7. The van der Waals surface area contributed by atoms with Crippen LogP contribution in [0.5, 0.6) is 0 Å². The molecule has 0 bridgehead atoms. The van der Waals surface area contributed by atoms with Crippen molar-refractivity contribution < 1.29 is 9.59 Å². The third-order valence-electron chi connectivity index (χ3n) is 6.54. The summed E-state index contributed by atoms with van der Waals surface area (Å²) < 4.78 is 0. The summed E-state index contributed by atoms with van der Waals surface area (Å²) >= 11 is 0. The van der Waals surface area contributed by atoms with Gasteiger partial charge in [-0.05, 0) is 47.2 Å². The van der Waals surface area contributed by atoms with Crippen LogP contribution in [0.1, 0.15) is 20.7 Å². The number of nitrogens with zero attached hydrogens (tertiary/aromatic N) is 1. The van der Waals surface area contributed by atoms with E-state index in [1.54, 1.807) is 24.4 Å². The second-order valence-electron chi connectivity index (χ2n) is 8.97. The van der Waals surface area contributed by atoms with Crippen molar-refractivity contribution in [2.24, 2.45) is 0 Å². The molecule has 5 heteroatoms. The van der Waals surface area contributed by atoms with E-state index in [-0.39, 0.29) is 11.8 Å². The van der Waals surface area contributed by atoms with Crippen molar-refractivity contribution in [2.75, 3.05) is 10.6 Å². The number of pyridine rings is 1. The predicted molar refractivity (Wildman–Crippen MR) is 153 cm³/mol. The third kappa shape index (κ3) is 4.61. The molecule has 182 valence electrons. The first-order valence-corrected chi connectivity index (χ1v) is 12.3. The normalized spacial score (nSPS) is 10.8. The van der Waals surface area contributed by atoms with Gasteiger partial charge < -0.3 is 10.6 Å². The van der Waals surface area contributed by atoms with Gasteiger partial charge in [-0.1, -0.05) is 84.9 Å². The highest BCUT2D eigenvalue weighted by Crippen LogP contribution is 2.25. The minimum Gasteiger partial charge on any atom is -0.321 e. The molecule has 38 heavy (non-hydrogen) atoms. The Morgan fingerprint density at radius 1 is 0.500 bits per heavy atom. The van der Waals surface area contributed by atoms with Crippen LogP contribution in [0.25, 0.3) is 32.8 Å². The molecule has 0 spiro atoms. The minimum atomic E-state index is -0.221. The number of fused-ring (bicyclic) bond motifs is 2. The third-order valence-corrected chi connectivity index (χ3v) is 6.54. The molecule has 5 aromatic carbocycles. The van der Waals surface area contributed by atoms with Crippen molar-refractivity contribution in [3.63, 3.8) is 0 Å². The van der Waals surface area contributed by atoms with Crippen molar-refractivity contribution in [3.8, 4) is 11.3 Å². The number of hydrogen-bond acceptors (Lipinski definition) is 3. The minimum absolute atomic E-state index is 0.179. The van der Waals surface area contributed by atoms with E-state index in [4.69, 9.17) is 0 Å². The lowest BCUT2D eigenvalue weighted by Gasteiger charge is -2.10. The average Bonchev–Trinajstić information content (AvgIpc) is 2.98. The van der Waals surface area contributed by atoms with Gasteiger partial charge in [0.25, 0.3) is 11.8 Å². The maximum Gasteiger partial charge on any atom is 0.257 e. The smallest absolute Gasteiger partial charge is 0.257 e. The molecular formula is C33H23N3O2. The van der Waals surface area contributed by atoms with Crippen molar-refractivity contribution in [1.82, 2.24) is 4.98 Å². The molecule has 0 aliphatic heterocycles. The first-order valence-electron chi connectivity index (χ1n) is 12.3. The van der Waals surface area contributed by atoms with Crippen LogP contribution in [0.15, 0.2) is 128 Å². The van der Waals surface area contributed by atoms with E-state index in [1.165, 1.54) is 0 Å². The summed E-state index contributed by atoms with van der Waals surface area (Å²) in [5, 5.41) is 10.1. The highest BCUT2D eigenvalue weighted by Gasteiger charge is 2.11. The number of hydrogen-bond donors (Lipinski definition) is 2. The lowest BCUT2D eigenvalue weighted by molar-refractivity contribution is 0.101. The van der Waals surface area contributed by atoms with Crippen molar-refractivity contribution in [3.05, 3.63) is 139 Å².